The van der Waals surface area contributed by atoms with Gasteiger partial charge in [0.05, 0.1) is 13.2 Å². The van der Waals surface area contributed by atoms with E-state index in [-0.39, 0.29) is 18.4 Å². The average Bonchev–Trinajstić information content (AvgIpc) is 2.46. The molecule has 0 spiro atoms. The molecule has 1 aromatic rings. The van der Waals surface area contributed by atoms with Crippen LogP contribution in [0.4, 0.5) is 0 Å². The molecule has 2 rings (SSSR count). The van der Waals surface area contributed by atoms with Gasteiger partial charge in [-0.25, -0.2) is 0 Å². The molecule has 1 saturated heterocycles. The van der Waals surface area contributed by atoms with Crippen molar-refractivity contribution in [3.63, 3.8) is 0 Å². The van der Waals surface area contributed by atoms with E-state index in [0.29, 0.717) is 24.7 Å². The van der Waals surface area contributed by atoms with E-state index in [0.717, 1.165) is 5.56 Å². The van der Waals surface area contributed by atoms with Gasteiger partial charge in [0, 0.05) is 25.0 Å². The van der Waals surface area contributed by atoms with E-state index in [1.807, 2.05) is 18.2 Å². The summed E-state index contributed by atoms with van der Waals surface area (Å²) < 4.78 is 5.59. The molecule has 0 aliphatic carbocycles. The highest BCUT2D eigenvalue weighted by Crippen LogP contribution is 2.19. The number of morpholine rings is 1. The highest BCUT2D eigenvalue weighted by molar-refractivity contribution is 6.31. The highest BCUT2D eigenvalue weighted by Gasteiger charge is 2.39. The molecule has 0 aromatic heterocycles. The SMILES string of the molecule is CC(=O)N1CCO[C@@](C)(C(=O)NCc2ccccc2Cl)C1. The second-order valence-corrected chi connectivity index (χ2v) is 5.70. The number of amides is 2. The molecular weight excluding hydrogens is 292 g/mol. The second-order valence-electron chi connectivity index (χ2n) is 5.29. The summed E-state index contributed by atoms with van der Waals surface area (Å²) in [5.74, 6) is -0.295. The minimum absolute atomic E-state index is 0.0524. The van der Waals surface area contributed by atoms with Crippen LogP contribution in [0.5, 0.6) is 0 Å². The Kier molecular flexibility index (Phi) is 4.85. The van der Waals surface area contributed by atoms with Crippen molar-refractivity contribution in [2.24, 2.45) is 0 Å². The molecule has 114 valence electrons. The smallest absolute Gasteiger partial charge is 0.254 e. The second kappa shape index (κ2) is 6.45. The standard InChI is InChI=1S/C15H19ClN2O3/c1-11(19)18-7-8-21-15(2,10-18)14(20)17-9-12-5-3-4-6-13(12)16/h3-6H,7-10H2,1-2H3,(H,17,20)/t15-/m1/s1. The molecule has 0 saturated carbocycles. The molecule has 0 radical (unpaired) electrons. The Morgan fingerprint density at radius 3 is 2.81 bits per heavy atom. The number of benzene rings is 1. The van der Waals surface area contributed by atoms with Crippen molar-refractivity contribution in [1.29, 1.82) is 0 Å². The minimum atomic E-state index is -1.02. The highest BCUT2D eigenvalue weighted by atomic mass is 35.5. The van der Waals surface area contributed by atoms with Crippen LogP contribution in [0.15, 0.2) is 24.3 Å². The first kappa shape index (κ1) is 15.8. The molecule has 6 heteroatoms. The molecule has 0 bridgehead atoms. The third-order valence-electron chi connectivity index (χ3n) is 3.60. The van der Waals surface area contributed by atoms with Crippen molar-refractivity contribution in [2.45, 2.75) is 26.0 Å². The van der Waals surface area contributed by atoms with E-state index in [4.69, 9.17) is 16.3 Å². The van der Waals surface area contributed by atoms with E-state index in [1.165, 1.54) is 6.92 Å². The van der Waals surface area contributed by atoms with Crippen LogP contribution in [0, 0.1) is 0 Å². The minimum Gasteiger partial charge on any atom is -0.362 e. The summed E-state index contributed by atoms with van der Waals surface area (Å²) in [6.45, 7) is 4.66. The molecule has 1 N–H and O–H groups in total. The number of hydrogen-bond acceptors (Lipinski definition) is 3. The maximum atomic E-state index is 12.4. The average molecular weight is 311 g/mol. The molecule has 2 amide bonds. The van der Waals surface area contributed by atoms with Crippen LogP contribution in [0.1, 0.15) is 19.4 Å². The number of halogens is 1. The number of carbonyl (C=O) groups is 2. The molecule has 21 heavy (non-hydrogen) atoms. The van der Waals surface area contributed by atoms with Crippen molar-refractivity contribution >= 4 is 23.4 Å². The molecule has 0 unspecified atom stereocenters. The number of hydrogen-bond donors (Lipinski definition) is 1. The summed E-state index contributed by atoms with van der Waals surface area (Å²) in [6.07, 6.45) is 0. The lowest BCUT2D eigenvalue weighted by atomic mass is 10.0. The Bertz CT molecular complexity index is 549. The zero-order valence-electron chi connectivity index (χ0n) is 12.2. The maximum Gasteiger partial charge on any atom is 0.254 e. The van der Waals surface area contributed by atoms with Gasteiger partial charge in [0.1, 0.15) is 0 Å². The summed E-state index contributed by atoms with van der Waals surface area (Å²) in [6, 6.07) is 7.33. The Hall–Kier alpha value is -1.59. The normalized spacial score (nSPS) is 22.0. The molecule has 1 aromatic carbocycles. The topological polar surface area (TPSA) is 58.6 Å². The van der Waals surface area contributed by atoms with Gasteiger partial charge in [-0.05, 0) is 18.6 Å². The van der Waals surface area contributed by atoms with E-state index < -0.39 is 5.60 Å². The fraction of sp³-hybridized carbons (Fsp3) is 0.467. The van der Waals surface area contributed by atoms with Crippen LogP contribution in [-0.2, 0) is 20.9 Å². The summed E-state index contributed by atoms with van der Waals surface area (Å²) in [5.41, 5.74) is -0.180. The first-order valence-corrected chi connectivity index (χ1v) is 7.21. The fourth-order valence-corrected chi connectivity index (χ4v) is 2.48. The molecule has 1 fully saturated rings. The first-order chi connectivity index (χ1) is 9.92. The Morgan fingerprint density at radius 1 is 1.43 bits per heavy atom. The molecule has 5 nitrogen and oxygen atoms in total. The van der Waals surface area contributed by atoms with Crippen LogP contribution in [0.25, 0.3) is 0 Å². The van der Waals surface area contributed by atoms with Crippen molar-refractivity contribution in [2.75, 3.05) is 19.7 Å². The van der Waals surface area contributed by atoms with Crippen molar-refractivity contribution < 1.29 is 14.3 Å². The van der Waals surface area contributed by atoms with Gasteiger partial charge in [-0.3, -0.25) is 9.59 Å². The monoisotopic (exact) mass is 310 g/mol. The van der Waals surface area contributed by atoms with Gasteiger partial charge in [0.15, 0.2) is 5.60 Å². The summed E-state index contributed by atoms with van der Waals surface area (Å²) in [7, 11) is 0. The molecule has 1 atom stereocenters. The van der Waals surface area contributed by atoms with Crippen molar-refractivity contribution in [3.8, 4) is 0 Å². The van der Waals surface area contributed by atoms with E-state index >= 15 is 0 Å². The fourth-order valence-electron chi connectivity index (χ4n) is 2.28. The first-order valence-electron chi connectivity index (χ1n) is 6.83. The van der Waals surface area contributed by atoms with Crippen LogP contribution < -0.4 is 5.32 Å². The summed E-state index contributed by atoms with van der Waals surface area (Å²) >= 11 is 6.06. The van der Waals surface area contributed by atoms with Crippen LogP contribution in [-0.4, -0.2) is 42.0 Å². The number of nitrogens with one attached hydrogen (secondary N) is 1. The number of nitrogens with zero attached hydrogens (tertiary/aromatic N) is 1. The maximum absolute atomic E-state index is 12.4. The predicted molar refractivity (Wildman–Crippen MR) is 79.9 cm³/mol. The molecule has 1 aliphatic heterocycles. The van der Waals surface area contributed by atoms with Crippen molar-refractivity contribution in [1.82, 2.24) is 10.2 Å². The number of ether oxygens (including phenoxy) is 1. The van der Waals surface area contributed by atoms with Gasteiger partial charge in [-0.15, -0.1) is 0 Å². The Balaban J connectivity index is 1.99. The Labute approximate surface area is 129 Å². The number of carbonyl (C=O) groups excluding carboxylic acids is 2. The van der Waals surface area contributed by atoms with Gasteiger partial charge in [0.2, 0.25) is 5.91 Å². The van der Waals surface area contributed by atoms with Crippen LogP contribution >= 0.6 is 11.6 Å². The van der Waals surface area contributed by atoms with Gasteiger partial charge >= 0.3 is 0 Å². The molecule has 1 heterocycles. The van der Waals surface area contributed by atoms with E-state index in [2.05, 4.69) is 5.32 Å². The van der Waals surface area contributed by atoms with Gasteiger partial charge in [0.25, 0.3) is 5.91 Å². The third kappa shape index (κ3) is 3.74. The van der Waals surface area contributed by atoms with E-state index in [1.54, 1.807) is 17.9 Å². The van der Waals surface area contributed by atoms with E-state index in [9.17, 15) is 9.59 Å². The van der Waals surface area contributed by atoms with Crippen molar-refractivity contribution in [3.05, 3.63) is 34.9 Å². The van der Waals surface area contributed by atoms with Crippen LogP contribution in [0.3, 0.4) is 0 Å². The zero-order valence-corrected chi connectivity index (χ0v) is 12.9. The summed E-state index contributed by atoms with van der Waals surface area (Å²) in [4.78, 5) is 25.4. The predicted octanol–water partition coefficient (Wildman–Crippen LogP) is 1.59. The van der Waals surface area contributed by atoms with Crippen LogP contribution in [0.2, 0.25) is 5.02 Å². The lowest BCUT2D eigenvalue weighted by molar-refractivity contribution is -0.162. The Morgan fingerprint density at radius 2 is 2.14 bits per heavy atom. The van der Waals surface area contributed by atoms with Gasteiger partial charge < -0.3 is 15.0 Å². The quantitative estimate of drug-likeness (QED) is 0.922. The van der Waals surface area contributed by atoms with Gasteiger partial charge in [-0.1, -0.05) is 29.8 Å². The lowest BCUT2D eigenvalue weighted by Crippen LogP contribution is -2.58. The molecular formula is C15H19ClN2O3. The zero-order chi connectivity index (χ0) is 15.5. The molecule has 1 aliphatic rings. The largest absolute Gasteiger partial charge is 0.362 e. The lowest BCUT2D eigenvalue weighted by Gasteiger charge is -2.38. The van der Waals surface area contributed by atoms with Gasteiger partial charge in [-0.2, -0.15) is 0 Å². The third-order valence-corrected chi connectivity index (χ3v) is 3.97. The summed E-state index contributed by atoms with van der Waals surface area (Å²) in [5, 5.41) is 3.43. The number of rotatable bonds is 3.